The van der Waals surface area contributed by atoms with E-state index in [1.54, 1.807) is 0 Å². The minimum absolute atomic E-state index is 0.0812. The number of carbonyl (C=O) groups excluding carboxylic acids is 1. The van der Waals surface area contributed by atoms with Gasteiger partial charge in [-0.05, 0) is 32.1 Å². The van der Waals surface area contributed by atoms with Crippen molar-refractivity contribution in [2.75, 3.05) is 0 Å². The van der Waals surface area contributed by atoms with Crippen LogP contribution in [0.4, 0.5) is 4.79 Å². The van der Waals surface area contributed by atoms with Gasteiger partial charge in [0.05, 0.1) is 0 Å². The third kappa shape index (κ3) is 2.23. The summed E-state index contributed by atoms with van der Waals surface area (Å²) in [6, 6.07) is -1.23. The zero-order valence-electron chi connectivity index (χ0n) is 9.83. The molecule has 2 atom stereocenters. The SMILES string of the molecule is O=C(O)[C@@H]1CC(CC2=CCCC2)C(=O)N1C(=O)O. The number of carboxylic acids is 1. The number of amides is 2. The van der Waals surface area contributed by atoms with Gasteiger partial charge >= 0.3 is 12.1 Å². The lowest BCUT2D eigenvalue weighted by Crippen LogP contribution is -2.42. The van der Waals surface area contributed by atoms with Crippen LogP contribution < -0.4 is 0 Å². The predicted molar refractivity (Wildman–Crippen MR) is 61.0 cm³/mol. The van der Waals surface area contributed by atoms with Crippen LogP contribution in [0.25, 0.3) is 0 Å². The molecule has 2 N–H and O–H groups in total. The van der Waals surface area contributed by atoms with E-state index < -0.39 is 29.9 Å². The van der Waals surface area contributed by atoms with Crippen molar-refractivity contribution in [3.05, 3.63) is 11.6 Å². The Kier molecular flexibility index (Phi) is 3.36. The topological polar surface area (TPSA) is 94.9 Å². The zero-order chi connectivity index (χ0) is 13.3. The first kappa shape index (κ1) is 12.6. The molecule has 1 aliphatic carbocycles. The van der Waals surface area contributed by atoms with Crippen molar-refractivity contribution in [2.45, 2.75) is 38.1 Å². The second-order valence-electron chi connectivity index (χ2n) is 4.74. The molecule has 6 heteroatoms. The van der Waals surface area contributed by atoms with Crippen molar-refractivity contribution in [3.8, 4) is 0 Å². The Labute approximate surface area is 104 Å². The molecule has 2 rings (SSSR count). The van der Waals surface area contributed by atoms with Crippen LogP contribution in [-0.4, -0.2) is 39.1 Å². The first-order valence-electron chi connectivity index (χ1n) is 5.97. The van der Waals surface area contributed by atoms with E-state index in [2.05, 4.69) is 6.08 Å². The van der Waals surface area contributed by atoms with E-state index >= 15 is 0 Å². The minimum Gasteiger partial charge on any atom is -0.480 e. The Morgan fingerprint density at radius 2 is 2.11 bits per heavy atom. The summed E-state index contributed by atoms with van der Waals surface area (Å²) in [7, 11) is 0. The summed E-state index contributed by atoms with van der Waals surface area (Å²) in [5.74, 6) is -2.34. The Hall–Kier alpha value is -1.85. The highest BCUT2D eigenvalue weighted by Gasteiger charge is 2.46. The first-order chi connectivity index (χ1) is 8.50. The summed E-state index contributed by atoms with van der Waals surface area (Å²) in [4.78, 5) is 34.3. The van der Waals surface area contributed by atoms with E-state index in [4.69, 9.17) is 10.2 Å². The molecule has 6 nitrogen and oxygen atoms in total. The molecule has 2 aliphatic rings. The van der Waals surface area contributed by atoms with Gasteiger partial charge in [-0.15, -0.1) is 0 Å². The van der Waals surface area contributed by atoms with Crippen LogP contribution >= 0.6 is 0 Å². The van der Waals surface area contributed by atoms with E-state index in [1.807, 2.05) is 0 Å². The van der Waals surface area contributed by atoms with Crippen molar-refractivity contribution >= 4 is 18.0 Å². The van der Waals surface area contributed by atoms with Crippen LogP contribution in [0.2, 0.25) is 0 Å². The fourth-order valence-electron chi connectivity index (χ4n) is 2.67. The molecule has 18 heavy (non-hydrogen) atoms. The van der Waals surface area contributed by atoms with Crippen LogP contribution in [0.15, 0.2) is 11.6 Å². The average molecular weight is 253 g/mol. The van der Waals surface area contributed by atoms with Crippen LogP contribution in [0, 0.1) is 5.92 Å². The van der Waals surface area contributed by atoms with Crippen molar-refractivity contribution in [1.29, 1.82) is 0 Å². The molecule has 1 saturated heterocycles. The third-order valence-electron chi connectivity index (χ3n) is 3.54. The van der Waals surface area contributed by atoms with Gasteiger partial charge in [0.15, 0.2) is 0 Å². The second kappa shape index (κ2) is 4.80. The van der Waals surface area contributed by atoms with Gasteiger partial charge in [-0.3, -0.25) is 4.79 Å². The number of hydrogen-bond acceptors (Lipinski definition) is 3. The molecule has 1 fully saturated rings. The van der Waals surface area contributed by atoms with Crippen molar-refractivity contribution in [2.24, 2.45) is 5.92 Å². The molecule has 1 unspecified atom stereocenters. The Morgan fingerprint density at radius 3 is 2.56 bits per heavy atom. The van der Waals surface area contributed by atoms with E-state index in [1.165, 1.54) is 0 Å². The summed E-state index contributed by atoms with van der Waals surface area (Å²) >= 11 is 0. The molecular weight excluding hydrogens is 238 g/mol. The lowest BCUT2D eigenvalue weighted by Gasteiger charge is -2.15. The molecule has 98 valence electrons. The fraction of sp³-hybridized carbons (Fsp3) is 0.583. The molecule has 0 spiro atoms. The van der Waals surface area contributed by atoms with E-state index in [0.29, 0.717) is 11.3 Å². The standard InChI is InChI=1S/C12H15NO5/c14-10-8(5-7-3-1-2-4-7)6-9(11(15)16)13(10)12(17)18/h3,8-9H,1-2,4-6H2,(H,15,16)(H,17,18)/t8?,9-/m0/s1. The summed E-state index contributed by atoms with van der Waals surface area (Å²) < 4.78 is 0. The van der Waals surface area contributed by atoms with E-state index in [-0.39, 0.29) is 6.42 Å². The van der Waals surface area contributed by atoms with Gasteiger partial charge in [0.25, 0.3) is 0 Å². The highest BCUT2D eigenvalue weighted by Crippen LogP contribution is 2.33. The van der Waals surface area contributed by atoms with E-state index in [0.717, 1.165) is 24.8 Å². The van der Waals surface area contributed by atoms with Gasteiger partial charge in [-0.25, -0.2) is 14.5 Å². The highest BCUT2D eigenvalue weighted by molar-refractivity contribution is 5.99. The number of likely N-dealkylation sites (tertiary alicyclic amines) is 1. The number of allylic oxidation sites excluding steroid dienone is 2. The summed E-state index contributed by atoms with van der Waals surface area (Å²) in [5.41, 5.74) is 1.14. The van der Waals surface area contributed by atoms with Crippen molar-refractivity contribution < 1.29 is 24.6 Å². The molecule has 1 aliphatic heterocycles. The fourth-order valence-corrected chi connectivity index (χ4v) is 2.67. The zero-order valence-corrected chi connectivity index (χ0v) is 9.83. The second-order valence-corrected chi connectivity index (χ2v) is 4.74. The minimum atomic E-state index is -1.48. The molecule has 2 amide bonds. The molecule has 0 radical (unpaired) electrons. The Bertz CT molecular complexity index is 428. The van der Waals surface area contributed by atoms with E-state index in [9.17, 15) is 14.4 Å². The van der Waals surface area contributed by atoms with Crippen LogP contribution in [0.5, 0.6) is 0 Å². The van der Waals surface area contributed by atoms with Gasteiger partial charge in [0.1, 0.15) is 6.04 Å². The quantitative estimate of drug-likeness (QED) is 0.742. The number of aliphatic carboxylic acids is 1. The lowest BCUT2D eigenvalue weighted by atomic mass is 9.96. The highest BCUT2D eigenvalue weighted by atomic mass is 16.4. The third-order valence-corrected chi connectivity index (χ3v) is 3.54. The summed E-state index contributed by atoms with van der Waals surface area (Å²) in [6.07, 6.45) is 4.13. The molecular formula is C12H15NO5. The number of nitrogens with zero attached hydrogens (tertiary/aromatic N) is 1. The molecule has 0 saturated carbocycles. The van der Waals surface area contributed by atoms with Crippen LogP contribution in [0.1, 0.15) is 32.1 Å². The molecule has 0 aromatic carbocycles. The normalized spacial score (nSPS) is 27.4. The molecule has 0 aromatic rings. The molecule has 0 bridgehead atoms. The number of hydrogen-bond donors (Lipinski definition) is 2. The number of imide groups is 1. The molecule has 1 heterocycles. The maximum Gasteiger partial charge on any atom is 0.414 e. The van der Waals surface area contributed by atoms with Gasteiger partial charge in [0.2, 0.25) is 5.91 Å². The van der Waals surface area contributed by atoms with Crippen LogP contribution in [0.3, 0.4) is 0 Å². The Morgan fingerprint density at radius 1 is 1.39 bits per heavy atom. The number of carboxylic acid groups (broad SMARTS) is 2. The maximum atomic E-state index is 11.9. The predicted octanol–water partition coefficient (Wildman–Crippen LogP) is 1.47. The average Bonchev–Trinajstić information content (AvgIpc) is 2.88. The summed E-state index contributed by atoms with van der Waals surface area (Å²) in [6.45, 7) is 0. The van der Waals surface area contributed by atoms with Crippen molar-refractivity contribution in [3.63, 3.8) is 0 Å². The maximum absolute atomic E-state index is 11.9. The number of rotatable bonds is 3. The first-order valence-corrected chi connectivity index (χ1v) is 5.97. The van der Waals surface area contributed by atoms with Gasteiger partial charge in [0, 0.05) is 5.92 Å². The van der Waals surface area contributed by atoms with Gasteiger partial charge in [-0.2, -0.15) is 0 Å². The largest absolute Gasteiger partial charge is 0.480 e. The Balaban J connectivity index is 2.12. The van der Waals surface area contributed by atoms with Crippen molar-refractivity contribution in [1.82, 2.24) is 4.90 Å². The monoisotopic (exact) mass is 253 g/mol. The van der Waals surface area contributed by atoms with Crippen LogP contribution in [-0.2, 0) is 9.59 Å². The van der Waals surface area contributed by atoms with Gasteiger partial charge in [-0.1, -0.05) is 11.6 Å². The molecule has 0 aromatic heterocycles. The lowest BCUT2D eigenvalue weighted by molar-refractivity contribution is -0.145. The number of carbonyl (C=O) groups is 3. The van der Waals surface area contributed by atoms with Gasteiger partial charge < -0.3 is 10.2 Å². The smallest absolute Gasteiger partial charge is 0.414 e. The summed E-state index contributed by atoms with van der Waals surface area (Å²) in [5, 5.41) is 17.9.